The maximum Gasteiger partial charge on any atom is 0.265 e. The van der Waals surface area contributed by atoms with Crippen LogP contribution in [-0.2, 0) is 14.3 Å². The van der Waals surface area contributed by atoms with Gasteiger partial charge in [0.1, 0.15) is 12.3 Å². The van der Waals surface area contributed by atoms with Gasteiger partial charge in [0.15, 0.2) is 0 Å². The quantitative estimate of drug-likeness (QED) is 0.470. The van der Waals surface area contributed by atoms with Crippen molar-refractivity contribution in [2.24, 2.45) is 0 Å². The van der Waals surface area contributed by atoms with E-state index in [1.807, 2.05) is 0 Å². The molecule has 0 bridgehead atoms. The standard InChI is InChI=1S/C9H7BrFNO3S/c1-16(13,14)15-6-2-3-8-7(10)4-5-9(11)12-8/h4-5H,6H2,1H3. The van der Waals surface area contributed by atoms with Crippen LogP contribution in [0.4, 0.5) is 4.39 Å². The minimum Gasteiger partial charge on any atom is -0.257 e. The van der Waals surface area contributed by atoms with Gasteiger partial charge in [0, 0.05) is 0 Å². The lowest BCUT2D eigenvalue weighted by molar-refractivity contribution is 0.368. The average Bonchev–Trinajstić information content (AvgIpc) is 2.16. The third kappa shape index (κ3) is 4.70. The molecule has 0 aliphatic carbocycles. The van der Waals surface area contributed by atoms with Gasteiger partial charge in [-0.25, -0.2) is 4.98 Å². The number of aromatic nitrogens is 1. The predicted molar refractivity (Wildman–Crippen MR) is 59.6 cm³/mol. The number of rotatable bonds is 2. The van der Waals surface area contributed by atoms with E-state index in [1.54, 1.807) is 0 Å². The van der Waals surface area contributed by atoms with Crippen LogP contribution in [0.1, 0.15) is 5.69 Å². The summed E-state index contributed by atoms with van der Waals surface area (Å²) in [5.41, 5.74) is 0.192. The lowest BCUT2D eigenvalue weighted by Crippen LogP contribution is -2.02. The van der Waals surface area contributed by atoms with Gasteiger partial charge in [-0.1, -0.05) is 5.92 Å². The smallest absolute Gasteiger partial charge is 0.257 e. The number of pyridine rings is 1. The second kappa shape index (κ2) is 5.39. The molecule has 0 radical (unpaired) electrons. The number of halogens is 2. The summed E-state index contributed by atoms with van der Waals surface area (Å²) in [6.07, 6.45) is 0.922. The van der Waals surface area contributed by atoms with Crippen molar-refractivity contribution >= 4 is 26.0 Å². The van der Waals surface area contributed by atoms with Gasteiger partial charge >= 0.3 is 0 Å². The van der Waals surface area contributed by atoms with Gasteiger partial charge in [0.2, 0.25) is 5.95 Å². The number of nitrogens with zero attached hydrogens (tertiary/aromatic N) is 1. The average molecular weight is 308 g/mol. The molecular weight excluding hydrogens is 301 g/mol. The monoisotopic (exact) mass is 307 g/mol. The molecule has 7 heteroatoms. The van der Waals surface area contributed by atoms with Gasteiger partial charge in [-0.3, -0.25) is 4.18 Å². The van der Waals surface area contributed by atoms with E-state index < -0.39 is 16.1 Å². The van der Waals surface area contributed by atoms with Crippen molar-refractivity contribution < 1.29 is 17.0 Å². The first-order valence-electron chi connectivity index (χ1n) is 4.04. The molecule has 16 heavy (non-hydrogen) atoms. The van der Waals surface area contributed by atoms with Crippen LogP contribution in [0.2, 0.25) is 0 Å². The SMILES string of the molecule is CS(=O)(=O)OCC#Cc1nc(F)ccc1Br. The fourth-order valence-corrected chi connectivity index (χ4v) is 1.36. The van der Waals surface area contributed by atoms with E-state index >= 15 is 0 Å². The zero-order chi connectivity index (χ0) is 12.2. The summed E-state index contributed by atoms with van der Waals surface area (Å²) < 4.78 is 38.8. The highest BCUT2D eigenvalue weighted by Crippen LogP contribution is 2.13. The molecule has 0 spiro atoms. The summed E-state index contributed by atoms with van der Waals surface area (Å²) >= 11 is 3.13. The van der Waals surface area contributed by atoms with Gasteiger partial charge in [0.05, 0.1) is 10.7 Å². The molecule has 0 N–H and O–H groups in total. The predicted octanol–water partition coefficient (Wildman–Crippen LogP) is 1.31. The lowest BCUT2D eigenvalue weighted by atomic mass is 10.3. The fourth-order valence-electron chi connectivity index (χ4n) is 0.762. The van der Waals surface area contributed by atoms with E-state index in [9.17, 15) is 12.8 Å². The minimum atomic E-state index is -3.51. The van der Waals surface area contributed by atoms with Gasteiger partial charge < -0.3 is 0 Å². The first-order chi connectivity index (χ1) is 7.38. The zero-order valence-corrected chi connectivity index (χ0v) is 10.6. The highest BCUT2D eigenvalue weighted by Gasteiger charge is 2.00. The highest BCUT2D eigenvalue weighted by molar-refractivity contribution is 9.10. The lowest BCUT2D eigenvalue weighted by Gasteiger charge is -1.95. The Morgan fingerprint density at radius 2 is 2.25 bits per heavy atom. The molecule has 0 saturated carbocycles. The summed E-state index contributed by atoms with van der Waals surface area (Å²) in [5, 5.41) is 0. The van der Waals surface area contributed by atoms with Gasteiger partial charge in [0.25, 0.3) is 10.1 Å². The van der Waals surface area contributed by atoms with E-state index in [0.717, 1.165) is 6.26 Å². The topological polar surface area (TPSA) is 56.3 Å². The van der Waals surface area contributed by atoms with Crippen LogP contribution in [0.3, 0.4) is 0 Å². The van der Waals surface area contributed by atoms with E-state index in [4.69, 9.17) is 0 Å². The molecule has 0 aliphatic heterocycles. The van der Waals surface area contributed by atoms with Crippen LogP contribution in [-0.4, -0.2) is 26.3 Å². The molecule has 0 fully saturated rings. The number of hydrogen-bond donors (Lipinski definition) is 0. The maximum atomic E-state index is 12.7. The number of hydrogen-bond acceptors (Lipinski definition) is 4. The van der Waals surface area contributed by atoms with Crippen molar-refractivity contribution in [1.29, 1.82) is 0 Å². The van der Waals surface area contributed by atoms with E-state index in [2.05, 4.69) is 36.9 Å². The Morgan fingerprint density at radius 3 is 2.88 bits per heavy atom. The third-order valence-electron chi connectivity index (χ3n) is 1.36. The molecule has 1 heterocycles. The van der Waals surface area contributed by atoms with Crippen molar-refractivity contribution in [3.05, 3.63) is 28.2 Å². The first-order valence-corrected chi connectivity index (χ1v) is 6.65. The molecule has 0 aliphatic rings. The van der Waals surface area contributed by atoms with Crippen molar-refractivity contribution in [2.75, 3.05) is 12.9 Å². The molecule has 0 amide bonds. The van der Waals surface area contributed by atoms with Crippen LogP contribution >= 0.6 is 15.9 Å². The van der Waals surface area contributed by atoms with Crippen molar-refractivity contribution in [3.8, 4) is 11.8 Å². The highest BCUT2D eigenvalue weighted by atomic mass is 79.9. The summed E-state index contributed by atoms with van der Waals surface area (Å²) in [4.78, 5) is 3.51. The zero-order valence-electron chi connectivity index (χ0n) is 8.20. The second-order valence-electron chi connectivity index (χ2n) is 2.73. The van der Waals surface area contributed by atoms with Crippen LogP contribution in [0.25, 0.3) is 0 Å². The van der Waals surface area contributed by atoms with E-state index in [0.29, 0.717) is 4.47 Å². The van der Waals surface area contributed by atoms with Crippen molar-refractivity contribution in [3.63, 3.8) is 0 Å². The molecule has 0 saturated heterocycles. The Morgan fingerprint density at radius 1 is 1.56 bits per heavy atom. The Hall–Kier alpha value is -0.970. The molecule has 86 valence electrons. The first kappa shape index (κ1) is 13.1. The van der Waals surface area contributed by atoms with E-state index in [1.165, 1.54) is 12.1 Å². The molecule has 0 atom stereocenters. The second-order valence-corrected chi connectivity index (χ2v) is 5.23. The molecule has 0 aromatic carbocycles. The minimum absolute atomic E-state index is 0.192. The van der Waals surface area contributed by atoms with Crippen LogP contribution < -0.4 is 0 Å². The Kier molecular flexibility index (Phi) is 4.41. The normalized spacial score (nSPS) is 10.7. The van der Waals surface area contributed by atoms with Crippen LogP contribution in [0.5, 0.6) is 0 Å². The molecule has 1 rings (SSSR count). The Labute approximate surface area is 101 Å². The van der Waals surface area contributed by atoms with Gasteiger partial charge in [-0.2, -0.15) is 12.8 Å². The fraction of sp³-hybridized carbons (Fsp3) is 0.222. The van der Waals surface area contributed by atoms with Crippen LogP contribution in [0.15, 0.2) is 16.6 Å². The maximum absolute atomic E-state index is 12.7. The van der Waals surface area contributed by atoms with Gasteiger partial charge in [-0.15, -0.1) is 0 Å². The Bertz CT molecular complexity index is 548. The summed E-state index contributed by atoms with van der Waals surface area (Å²) in [7, 11) is -3.51. The largest absolute Gasteiger partial charge is 0.265 e. The molecule has 0 unspecified atom stereocenters. The molecule has 4 nitrogen and oxygen atoms in total. The third-order valence-corrected chi connectivity index (χ3v) is 2.55. The van der Waals surface area contributed by atoms with Gasteiger partial charge in [-0.05, 0) is 34.0 Å². The summed E-state index contributed by atoms with van der Waals surface area (Å²) in [6, 6.07) is 2.64. The molecule has 1 aromatic heterocycles. The Balaban J connectivity index is 2.74. The summed E-state index contributed by atoms with van der Waals surface area (Å²) in [5.74, 6) is 4.25. The molecule has 1 aromatic rings. The molecular formula is C9H7BrFNO3S. The van der Waals surface area contributed by atoms with E-state index in [-0.39, 0.29) is 12.3 Å². The van der Waals surface area contributed by atoms with Crippen LogP contribution in [0, 0.1) is 17.8 Å². The summed E-state index contributed by atoms with van der Waals surface area (Å²) in [6.45, 7) is -0.288. The van der Waals surface area contributed by atoms with Crippen molar-refractivity contribution in [2.45, 2.75) is 0 Å². The van der Waals surface area contributed by atoms with Crippen molar-refractivity contribution in [1.82, 2.24) is 4.98 Å².